The van der Waals surface area contributed by atoms with Gasteiger partial charge in [0.15, 0.2) is 0 Å². The number of hydrogen-bond donors (Lipinski definition) is 2. The Morgan fingerprint density at radius 2 is 2.21 bits per heavy atom. The number of rotatable bonds is 3. The second-order valence-electron chi connectivity index (χ2n) is 3.52. The largest absolute Gasteiger partial charge is 0.396 e. The molecule has 0 aliphatic heterocycles. The van der Waals surface area contributed by atoms with Gasteiger partial charge in [-0.25, -0.2) is 4.39 Å². The Bertz CT molecular complexity index is 328. The van der Waals surface area contributed by atoms with Gasteiger partial charge in [0.05, 0.1) is 0 Å². The summed E-state index contributed by atoms with van der Waals surface area (Å²) in [5.74, 6) is -0.341. The molecule has 0 aliphatic carbocycles. The molecular formula is C10H13BrFNO. The van der Waals surface area contributed by atoms with E-state index < -0.39 is 5.54 Å². The van der Waals surface area contributed by atoms with E-state index in [4.69, 9.17) is 10.8 Å². The first-order valence-corrected chi connectivity index (χ1v) is 5.12. The van der Waals surface area contributed by atoms with Gasteiger partial charge in [-0.2, -0.15) is 0 Å². The van der Waals surface area contributed by atoms with Crippen LogP contribution in [0.4, 0.5) is 4.39 Å². The summed E-state index contributed by atoms with van der Waals surface area (Å²) < 4.78 is 14.2. The average molecular weight is 262 g/mol. The predicted molar refractivity (Wildman–Crippen MR) is 57.3 cm³/mol. The van der Waals surface area contributed by atoms with E-state index >= 15 is 0 Å². The van der Waals surface area contributed by atoms with Crippen molar-refractivity contribution in [3.8, 4) is 0 Å². The van der Waals surface area contributed by atoms with Crippen LogP contribution in [0.2, 0.25) is 0 Å². The van der Waals surface area contributed by atoms with E-state index in [2.05, 4.69) is 15.9 Å². The van der Waals surface area contributed by atoms with E-state index in [0.29, 0.717) is 12.0 Å². The van der Waals surface area contributed by atoms with Crippen molar-refractivity contribution in [1.29, 1.82) is 0 Å². The summed E-state index contributed by atoms with van der Waals surface area (Å²) in [6.45, 7) is 1.65. The van der Waals surface area contributed by atoms with Crippen molar-refractivity contribution in [3.05, 3.63) is 34.1 Å². The van der Waals surface area contributed by atoms with Crippen molar-refractivity contribution in [2.75, 3.05) is 6.61 Å². The molecule has 78 valence electrons. The molecule has 0 radical (unpaired) electrons. The van der Waals surface area contributed by atoms with Crippen LogP contribution in [-0.4, -0.2) is 11.7 Å². The Labute approximate surface area is 91.1 Å². The molecule has 0 bridgehead atoms. The highest BCUT2D eigenvalue weighted by atomic mass is 79.9. The van der Waals surface area contributed by atoms with Crippen LogP contribution >= 0.6 is 15.9 Å². The number of aliphatic hydroxyl groups is 1. The predicted octanol–water partition coefficient (Wildman–Crippen LogP) is 2.14. The SMILES string of the molecule is C[C@](N)(CCO)c1cc(Br)ccc1F. The van der Waals surface area contributed by atoms with Crippen LogP contribution in [0.3, 0.4) is 0 Å². The molecule has 0 saturated heterocycles. The topological polar surface area (TPSA) is 46.2 Å². The maximum absolute atomic E-state index is 13.4. The van der Waals surface area contributed by atoms with Gasteiger partial charge in [-0.3, -0.25) is 0 Å². The average Bonchev–Trinajstić information content (AvgIpc) is 2.09. The lowest BCUT2D eigenvalue weighted by Gasteiger charge is -2.24. The molecule has 0 amide bonds. The van der Waals surface area contributed by atoms with Gasteiger partial charge < -0.3 is 10.8 Å². The van der Waals surface area contributed by atoms with Crippen molar-refractivity contribution in [3.63, 3.8) is 0 Å². The highest BCUT2D eigenvalue weighted by Crippen LogP contribution is 2.26. The lowest BCUT2D eigenvalue weighted by molar-refractivity contribution is 0.244. The fraction of sp³-hybridized carbons (Fsp3) is 0.400. The molecule has 0 spiro atoms. The van der Waals surface area contributed by atoms with Gasteiger partial charge in [-0.1, -0.05) is 15.9 Å². The van der Waals surface area contributed by atoms with Crippen LogP contribution in [0.15, 0.2) is 22.7 Å². The van der Waals surface area contributed by atoms with Gasteiger partial charge in [0.25, 0.3) is 0 Å². The molecule has 1 aromatic carbocycles. The van der Waals surface area contributed by atoms with E-state index in [1.54, 1.807) is 19.1 Å². The van der Waals surface area contributed by atoms with Crippen molar-refractivity contribution in [2.45, 2.75) is 18.9 Å². The van der Waals surface area contributed by atoms with E-state index in [-0.39, 0.29) is 12.4 Å². The molecule has 1 rings (SSSR count). The summed E-state index contributed by atoms with van der Waals surface area (Å²) in [6.07, 6.45) is 0.334. The molecule has 1 aromatic rings. The van der Waals surface area contributed by atoms with E-state index in [9.17, 15) is 4.39 Å². The zero-order chi connectivity index (χ0) is 10.8. The molecular weight excluding hydrogens is 249 g/mol. The summed E-state index contributed by atoms with van der Waals surface area (Å²) in [5.41, 5.74) is 5.48. The molecule has 0 saturated carbocycles. The van der Waals surface area contributed by atoms with Crippen molar-refractivity contribution >= 4 is 15.9 Å². The van der Waals surface area contributed by atoms with Gasteiger partial charge in [-0.15, -0.1) is 0 Å². The van der Waals surface area contributed by atoms with E-state index in [1.807, 2.05) is 0 Å². The van der Waals surface area contributed by atoms with E-state index in [1.165, 1.54) is 6.07 Å². The summed E-state index contributed by atoms with van der Waals surface area (Å²) >= 11 is 3.26. The Balaban J connectivity index is 3.10. The van der Waals surface area contributed by atoms with Gasteiger partial charge in [0.1, 0.15) is 5.82 Å². The third kappa shape index (κ3) is 2.53. The number of nitrogens with two attached hydrogens (primary N) is 1. The minimum Gasteiger partial charge on any atom is -0.396 e. The van der Waals surface area contributed by atoms with Crippen LogP contribution in [0.25, 0.3) is 0 Å². The van der Waals surface area contributed by atoms with Crippen LogP contribution in [-0.2, 0) is 5.54 Å². The van der Waals surface area contributed by atoms with Crippen molar-refractivity contribution in [2.24, 2.45) is 5.73 Å². The summed E-state index contributed by atoms with van der Waals surface area (Å²) in [7, 11) is 0. The third-order valence-corrected chi connectivity index (χ3v) is 2.67. The first-order chi connectivity index (χ1) is 6.47. The van der Waals surface area contributed by atoms with Gasteiger partial charge in [0, 0.05) is 22.2 Å². The maximum Gasteiger partial charge on any atom is 0.128 e. The quantitative estimate of drug-likeness (QED) is 0.876. The van der Waals surface area contributed by atoms with E-state index in [0.717, 1.165) is 4.47 Å². The first-order valence-electron chi connectivity index (χ1n) is 4.32. The van der Waals surface area contributed by atoms with Crippen LogP contribution in [0.1, 0.15) is 18.9 Å². The zero-order valence-corrected chi connectivity index (χ0v) is 9.51. The summed E-state index contributed by atoms with van der Waals surface area (Å²) in [6, 6.07) is 4.63. The fourth-order valence-electron chi connectivity index (χ4n) is 1.30. The van der Waals surface area contributed by atoms with Crippen LogP contribution < -0.4 is 5.73 Å². The minimum atomic E-state index is -0.831. The van der Waals surface area contributed by atoms with Crippen molar-refractivity contribution in [1.82, 2.24) is 0 Å². The Hall–Kier alpha value is -0.450. The lowest BCUT2D eigenvalue weighted by Crippen LogP contribution is -2.35. The van der Waals surface area contributed by atoms with Crippen LogP contribution in [0, 0.1) is 5.82 Å². The third-order valence-electron chi connectivity index (χ3n) is 2.17. The Morgan fingerprint density at radius 1 is 1.57 bits per heavy atom. The Kier molecular flexibility index (Phi) is 3.64. The number of hydrogen-bond acceptors (Lipinski definition) is 2. The number of halogens is 2. The van der Waals surface area contributed by atoms with Crippen LogP contribution in [0.5, 0.6) is 0 Å². The highest BCUT2D eigenvalue weighted by Gasteiger charge is 2.24. The molecule has 4 heteroatoms. The molecule has 2 nitrogen and oxygen atoms in total. The molecule has 3 N–H and O–H groups in total. The molecule has 1 atom stereocenters. The maximum atomic E-state index is 13.4. The van der Waals surface area contributed by atoms with Gasteiger partial charge in [-0.05, 0) is 31.5 Å². The monoisotopic (exact) mass is 261 g/mol. The Morgan fingerprint density at radius 3 is 2.79 bits per heavy atom. The number of benzene rings is 1. The highest BCUT2D eigenvalue weighted by molar-refractivity contribution is 9.10. The molecule has 0 aromatic heterocycles. The zero-order valence-electron chi connectivity index (χ0n) is 7.93. The first kappa shape index (κ1) is 11.6. The fourth-order valence-corrected chi connectivity index (χ4v) is 1.66. The second kappa shape index (κ2) is 4.38. The summed E-state index contributed by atoms with van der Waals surface area (Å²) in [4.78, 5) is 0. The number of aliphatic hydroxyl groups excluding tert-OH is 1. The minimum absolute atomic E-state index is 0.0566. The van der Waals surface area contributed by atoms with Crippen molar-refractivity contribution < 1.29 is 9.50 Å². The molecule has 0 fully saturated rings. The summed E-state index contributed by atoms with van der Waals surface area (Å²) in [5, 5.41) is 8.81. The molecule has 0 heterocycles. The second-order valence-corrected chi connectivity index (χ2v) is 4.43. The molecule has 0 unspecified atom stereocenters. The van der Waals surface area contributed by atoms with Gasteiger partial charge in [0.2, 0.25) is 0 Å². The molecule has 0 aliphatic rings. The standard InChI is InChI=1S/C10H13BrFNO/c1-10(13,4-5-14)8-6-7(11)2-3-9(8)12/h2-3,6,14H,4-5,13H2,1H3/t10-/m0/s1. The normalized spacial score (nSPS) is 15.2. The lowest BCUT2D eigenvalue weighted by atomic mass is 9.90. The molecule has 14 heavy (non-hydrogen) atoms. The van der Waals surface area contributed by atoms with Gasteiger partial charge >= 0.3 is 0 Å². The smallest absolute Gasteiger partial charge is 0.128 e.